The molecule has 3 aromatic carbocycles. The molecule has 0 fully saturated rings. The van der Waals surface area contributed by atoms with Crippen molar-refractivity contribution in [2.24, 2.45) is 7.05 Å². The maximum Gasteiger partial charge on any atom is 0.356 e. The van der Waals surface area contributed by atoms with Gasteiger partial charge in [0.2, 0.25) is 0 Å². The van der Waals surface area contributed by atoms with Crippen LogP contribution < -0.4 is 10.9 Å². The summed E-state index contributed by atoms with van der Waals surface area (Å²) in [6.07, 6.45) is -1.13. The lowest BCUT2D eigenvalue weighted by Crippen LogP contribution is -2.32. The third-order valence-electron chi connectivity index (χ3n) is 5.38. The summed E-state index contributed by atoms with van der Waals surface area (Å²) in [4.78, 5) is 39.0. The summed E-state index contributed by atoms with van der Waals surface area (Å²) in [5.74, 6) is -1.33. The van der Waals surface area contributed by atoms with Crippen LogP contribution in [0.5, 0.6) is 0 Å². The summed E-state index contributed by atoms with van der Waals surface area (Å²) in [5.41, 5.74) is 1.35. The Morgan fingerprint density at radius 1 is 0.912 bits per heavy atom. The summed E-state index contributed by atoms with van der Waals surface area (Å²) in [7, 11) is 1.50. The van der Waals surface area contributed by atoms with Gasteiger partial charge < -0.3 is 14.6 Å². The van der Waals surface area contributed by atoms with E-state index in [4.69, 9.17) is 27.9 Å². The van der Waals surface area contributed by atoms with Gasteiger partial charge in [-0.25, -0.2) is 4.79 Å². The van der Waals surface area contributed by atoms with Gasteiger partial charge in [0.25, 0.3) is 11.5 Å². The Hall–Kier alpha value is -3.61. The van der Waals surface area contributed by atoms with E-state index in [0.29, 0.717) is 37.6 Å². The Morgan fingerprint density at radius 2 is 1.59 bits per heavy atom. The first kappa shape index (κ1) is 23.5. The highest BCUT2D eigenvalue weighted by Gasteiger charge is 2.26. The van der Waals surface area contributed by atoms with Gasteiger partial charge in [0.05, 0.1) is 0 Å². The average Bonchev–Trinajstić information content (AvgIpc) is 2.81. The summed E-state index contributed by atoms with van der Waals surface area (Å²) >= 11 is 12.0. The van der Waals surface area contributed by atoms with Gasteiger partial charge in [-0.3, -0.25) is 9.59 Å². The number of esters is 1. The molecule has 0 aliphatic carbocycles. The van der Waals surface area contributed by atoms with Gasteiger partial charge in [-0.1, -0.05) is 59.6 Å². The van der Waals surface area contributed by atoms with Crippen LogP contribution in [0.2, 0.25) is 10.0 Å². The molecule has 4 aromatic rings. The number of carbonyl (C=O) groups is 2. The first-order valence-corrected chi connectivity index (χ1v) is 11.2. The quantitative estimate of drug-likeness (QED) is 0.361. The number of hydrogen-bond acceptors (Lipinski definition) is 4. The maximum atomic E-state index is 13.3. The SMILES string of the molecule is CC(OC(=O)c1c(-c2ccc(Cl)cc2)c2ccccc2c(=O)n1C)C(=O)Nc1cccc(Cl)c1. The number of aromatic nitrogens is 1. The van der Waals surface area contributed by atoms with Crippen molar-refractivity contribution < 1.29 is 14.3 Å². The van der Waals surface area contributed by atoms with Crippen LogP contribution in [0.15, 0.2) is 77.6 Å². The first-order chi connectivity index (χ1) is 16.3. The Kier molecular flexibility index (Phi) is 6.72. The molecule has 0 bridgehead atoms. The third-order valence-corrected chi connectivity index (χ3v) is 5.86. The van der Waals surface area contributed by atoms with Gasteiger partial charge in [-0.05, 0) is 54.3 Å². The minimum atomic E-state index is -1.13. The van der Waals surface area contributed by atoms with Crippen molar-refractivity contribution in [1.82, 2.24) is 4.57 Å². The smallest absolute Gasteiger partial charge is 0.356 e. The number of ether oxygens (including phenoxy) is 1. The van der Waals surface area contributed by atoms with Crippen molar-refractivity contribution in [3.63, 3.8) is 0 Å². The predicted octanol–water partition coefficient (Wildman–Crippen LogP) is 5.70. The number of nitrogens with zero attached hydrogens (tertiary/aromatic N) is 1. The van der Waals surface area contributed by atoms with Crippen molar-refractivity contribution >= 4 is 51.5 Å². The van der Waals surface area contributed by atoms with E-state index in [1.165, 1.54) is 18.5 Å². The Balaban J connectivity index is 1.74. The number of carbonyl (C=O) groups excluding carboxylic acids is 2. The molecule has 34 heavy (non-hydrogen) atoms. The van der Waals surface area contributed by atoms with Crippen LogP contribution in [0.25, 0.3) is 21.9 Å². The molecule has 1 amide bonds. The Labute approximate surface area is 205 Å². The first-order valence-electron chi connectivity index (χ1n) is 10.4. The molecule has 8 heteroatoms. The third kappa shape index (κ3) is 4.69. The largest absolute Gasteiger partial charge is 0.448 e. The number of hydrogen-bond donors (Lipinski definition) is 1. The number of benzene rings is 3. The number of fused-ring (bicyclic) bond motifs is 1. The van der Waals surface area contributed by atoms with E-state index in [9.17, 15) is 14.4 Å². The molecular weight excluding hydrogens is 475 g/mol. The Bertz CT molecular complexity index is 1460. The molecule has 0 radical (unpaired) electrons. The zero-order chi connectivity index (χ0) is 24.4. The number of rotatable bonds is 5. The van der Waals surface area contributed by atoms with E-state index in [1.54, 1.807) is 72.8 Å². The van der Waals surface area contributed by atoms with Crippen LogP contribution >= 0.6 is 23.2 Å². The van der Waals surface area contributed by atoms with Gasteiger partial charge >= 0.3 is 5.97 Å². The predicted molar refractivity (Wildman–Crippen MR) is 135 cm³/mol. The Morgan fingerprint density at radius 3 is 2.26 bits per heavy atom. The molecule has 0 aliphatic rings. The molecule has 1 atom stereocenters. The zero-order valence-corrected chi connectivity index (χ0v) is 19.9. The number of amides is 1. The van der Waals surface area contributed by atoms with Crippen LogP contribution in [0.3, 0.4) is 0 Å². The van der Waals surface area contributed by atoms with E-state index in [1.807, 2.05) is 0 Å². The lowest BCUT2D eigenvalue weighted by molar-refractivity contribution is -0.123. The van der Waals surface area contributed by atoms with E-state index >= 15 is 0 Å². The highest BCUT2D eigenvalue weighted by atomic mass is 35.5. The second kappa shape index (κ2) is 9.71. The molecule has 4 rings (SSSR count). The van der Waals surface area contributed by atoms with Crippen LogP contribution in [0.1, 0.15) is 17.4 Å². The lowest BCUT2D eigenvalue weighted by atomic mass is 9.96. The minimum Gasteiger partial charge on any atom is -0.448 e. The molecule has 6 nitrogen and oxygen atoms in total. The molecule has 0 saturated carbocycles. The molecule has 1 unspecified atom stereocenters. The van der Waals surface area contributed by atoms with Gasteiger partial charge in [0, 0.05) is 33.7 Å². The van der Waals surface area contributed by atoms with Crippen LogP contribution in [0, 0.1) is 0 Å². The minimum absolute atomic E-state index is 0.0356. The lowest BCUT2D eigenvalue weighted by Gasteiger charge is -2.19. The zero-order valence-electron chi connectivity index (χ0n) is 18.3. The van der Waals surface area contributed by atoms with Crippen molar-refractivity contribution in [3.05, 3.63) is 98.9 Å². The van der Waals surface area contributed by atoms with Gasteiger partial charge in [0.1, 0.15) is 5.69 Å². The van der Waals surface area contributed by atoms with Gasteiger partial charge in [-0.15, -0.1) is 0 Å². The molecule has 0 spiro atoms. The fourth-order valence-corrected chi connectivity index (χ4v) is 4.01. The monoisotopic (exact) mass is 494 g/mol. The van der Waals surface area contributed by atoms with E-state index in [-0.39, 0.29) is 11.3 Å². The second-order valence-corrected chi connectivity index (χ2v) is 8.56. The van der Waals surface area contributed by atoms with Crippen molar-refractivity contribution in [2.45, 2.75) is 13.0 Å². The maximum absolute atomic E-state index is 13.3. The summed E-state index contributed by atoms with van der Waals surface area (Å²) in [6, 6.07) is 20.6. The molecule has 0 aliphatic heterocycles. The van der Waals surface area contributed by atoms with Crippen molar-refractivity contribution in [2.75, 3.05) is 5.32 Å². The number of halogens is 2. The fourth-order valence-electron chi connectivity index (χ4n) is 3.69. The van der Waals surface area contributed by atoms with Gasteiger partial charge in [-0.2, -0.15) is 0 Å². The van der Waals surface area contributed by atoms with Crippen molar-refractivity contribution in [3.8, 4) is 11.1 Å². The summed E-state index contributed by atoms with van der Waals surface area (Å²) in [6.45, 7) is 1.46. The molecule has 172 valence electrons. The summed E-state index contributed by atoms with van der Waals surface area (Å²) < 4.78 is 6.75. The normalized spacial score (nSPS) is 11.8. The van der Waals surface area contributed by atoms with E-state index in [0.717, 1.165) is 0 Å². The average molecular weight is 495 g/mol. The highest BCUT2D eigenvalue weighted by molar-refractivity contribution is 6.31. The topological polar surface area (TPSA) is 77.4 Å². The van der Waals surface area contributed by atoms with Gasteiger partial charge in [0.15, 0.2) is 6.10 Å². The molecule has 1 heterocycles. The fraction of sp³-hybridized carbons (Fsp3) is 0.115. The van der Waals surface area contributed by atoms with Crippen LogP contribution in [0.4, 0.5) is 5.69 Å². The van der Waals surface area contributed by atoms with E-state index < -0.39 is 18.0 Å². The molecule has 1 aromatic heterocycles. The number of pyridine rings is 1. The standard InChI is InChI=1S/C26H20Cl2N2O4/c1-15(24(31)29-19-7-5-6-18(28)14-19)34-26(33)23-22(16-10-12-17(27)13-11-16)20-8-3-4-9-21(20)25(32)30(23)2/h3-15H,1-2H3,(H,29,31). The summed E-state index contributed by atoms with van der Waals surface area (Å²) in [5, 5.41) is 4.71. The van der Waals surface area contributed by atoms with Crippen molar-refractivity contribution in [1.29, 1.82) is 0 Å². The highest BCUT2D eigenvalue weighted by Crippen LogP contribution is 2.32. The van der Waals surface area contributed by atoms with Crippen LogP contribution in [-0.2, 0) is 16.6 Å². The second-order valence-electron chi connectivity index (χ2n) is 7.69. The number of anilines is 1. The number of nitrogens with one attached hydrogen (secondary N) is 1. The molecule has 1 N–H and O–H groups in total. The molecule has 0 saturated heterocycles. The van der Waals surface area contributed by atoms with E-state index in [2.05, 4.69) is 5.32 Å². The van der Waals surface area contributed by atoms with Crippen LogP contribution in [-0.4, -0.2) is 22.5 Å². The molecular formula is C26H20Cl2N2O4.